The Labute approximate surface area is 116 Å². The van der Waals surface area contributed by atoms with E-state index in [1.165, 1.54) is 17.0 Å². The van der Waals surface area contributed by atoms with Crippen molar-refractivity contribution < 1.29 is 0 Å². The van der Waals surface area contributed by atoms with Gasteiger partial charge in [0.1, 0.15) is 0 Å². The largest absolute Gasteiger partial charge is 0.309 e. The molecule has 0 aliphatic carbocycles. The van der Waals surface area contributed by atoms with Gasteiger partial charge in [-0.3, -0.25) is 0 Å². The molecule has 1 aromatic rings. The number of rotatable bonds is 7. The fraction of sp³-hybridized carbons (Fsp3) is 0.857. The van der Waals surface area contributed by atoms with Crippen molar-refractivity contribution >= 4 is 11.5 Å². The Bertz CT molecular complexity index is 341. The predicted molar refractivity (Wildman–Crippen MR) is 79.0 cm³/mol. The molecule has 0 saturated carbocycles. The SMILES string of the molecule is CCCc1nnsc1C(CCC(C)(C)C)NCC. The Morgan fingerprint density at radius 1 is 1.28 bits per heavy atom. The summed E-state index contributed by atoms with van der Waals surface area (Å²) < 4.78 is 4.14. The molecule has 1 rings (SSSR count). The summed E-state index contributed by atoms with van der Waals surface area (Å²) in [4.78, 5) is 1.35. The Balaban J connectivity index is 2.73. The minimum Gasteiger partial charge on any atom is -0.309 e. The Morgan fingerprint density at radius 2 is 2.00 bits per heavy atom. The third kappa shape index (κ3) is 5.02. The highest BCUT2D eigenvalue weighted by Gasteiger charge is 2.20. The first-order valence-corrected chi connectivity index (χ1v) is 7.79. The zero-order valence-corrected chi connectivity index (χ0v) is 13.2. The molecule has 4 heteroatoms. The van der Waals surface area contributed by atoms with Gasteiger partial charge in [-0.1, -0.05) is 45.5 Å². The third-order valence-electron chi connectivity index (χ3n) is 3.02. The van der Waals surface area contributed by atoms with Crippen LogP contribution in [0, 0.1) is 5.41 Å². The normalized spacial score (nSPS) is 13.8. The molecule has 0 saturated heterocycles. The second-order valence-electron chi connectivity index (χ2n) is 6.04. The van der Waals surface area contributed by atoms with Gasteiger partial charge >= 0.3 is 0 Å². The molecule has 0 fully saturated rings. The van der Waals surface area contributed by atoms with Crippen molar-refractivity contribution in [1.82, 2.24) is 14.9 Å². The molecule has 1 unspecified atom stereocenters. The van der Waals surface area contributed by atoms with Crippen molar-refractivity contribution in [3.05, 3.63) is 10.6 Å². The summed E-state index contributed by atoms with van der Waals surface area (Å²) in [6.45, 7) is 12.3. The zero-order chi connectivity index (χ0) is 13.6. The van der Waals surface area contributed by atoms with Gasteiger partial charge in [-0.2, -0.15) is 0 Å². The first-order chi connectivity index (χ1) is 8.48. The van der Waals surface area contributed by atoms with Crippen molar-refractivity contribution in [1.29, 1.82) is 0 Å². The molecule has 1 N–H and O–H groups in total. The molecule has 0 aromatic carbocycles. The topological polar surface area (TPSA) is 37.8 Å². The average Bonchev–Trinajstić information content (AvgIpc) is 2.72. The van der Waals surface area contributed by atoms with E-state index in [1.807, 2.05) is 0 Å². The molecule has 0 bridgehead atoms. The minimum absolute atomic E-state index is 0.386. The highest BCUT2D eigenvalue weighted by molar-refractivity contribution is 7.05. The van der Waals surface area contributed by atoms with Crippen LogP contribution in [0.3, 0.4) is 0 Å². The number of nitrogens with zero attached hydrogens (tertiary/aromatic N) is 2. The molecule has 18 heavy (non-hydrogen) atoms. The van der Waals surface area contributed by atoms with Crippen LogP contribution in [0.2, 0.25) is 0 Å². The summed E-state index contributed by atoms with van der Waals surface area (Å²) in [5.41, 5.74) is 1.58. The Kier molecular flexibility index (Phi) is 6.22. The smallest absolute Gasteiger partial charge is 0.0803 e. The zero-order valence-electron chi connectivity index (χ0n) is 12.4. The first kappa shape index (κ1) is 15.6. The van der Waals surface area contributed by atoms with Crippen LogP contribution in [0.25, 0.3) is 0 Å². The van der Waals surface area contributed by atoms with Crippen LogP contribution in [0.4, 0.5) is 0 Å². The molecule has 0 aliphatic heterocycles. The molecule has 1 atom stereocenters. The van der Waals surface area contributed by atoms with Crippen LogP contribution < -0.4 is 5.32 Å². The van der Waals surface area contributed by atoms with Crippen LogP contribution >= 0.6 is 11.5 Å². The fourth-order valence-corrected chi connectivity index (χ4v) is 2.84. The minimum atomic E-state index is 0.386. The van der Waals surface area contributed by atoms with Gasteiger partial charge in [0.15, 0.2) is 0 Å². The number of aryl methyl sites for hydroxylation is 1. The van der Waals surface area contributed by atoms with E-state index in [0.717, 1.165) is 25.8 Å². The molecule has 1 heterocycles. The maximum absolute atomic E-state index is 4.28. The second-order valence-corrected chi connectivity index (χ2v) is 6.83. The van der Waals surface area contributed by atoms with Gasteiger partial charge in [-0.15, -0.1) is 5.10 Å². The lowest BCUT2D eigenvalue weighted by Gasteiger charge is -2.23. The highest BCUT2D eigenvalue weighted by atomic mass is 32.1. The summed E-state index contributed by atoms with van der Waals surface area (Å²) in [6, 6.07) is 0.427. The molecule has 0 spiro atoms. The molecular weight excluding hydrogens is 242 g/mol. The van der Waals surface area contributed by atoms with E-state index in [9.17, 15) is 0 Å². The average molecular weight is 269 g/mol. The Morgan fingerprint density at radius 3 is 2.56 bits per heavy atom. The lowest BCUT2D eigenvalue weighted by molar-refractivity contribution is 0.334. The van der Waals surface area contributed by atoms with E-state index >= 15 is 0 Å². The van der Waals surface area contributed by atoms with Gasteiger partial charge in [0.25, 0.3) is 0 Å². The number of aromatic nitrogens is 2. The lowest BCUT2D eigenvalue weighted by atomic mass is 9.88. The third-order valence-corrected chi connectivity index (χ3v) is 3.90. The summed E-state index contributed by atoms with van der Waals surface area (Å²) in [7, 11) is 0. The second kappa shape index (κ2) is 7.19. The summed E-state index contributed by atoms with van der Waals surface area (Å²) in [6.07, 6.45) is 4.56. The molecule has 104 valence electrons. The number of hydrogen-bond donors (Lipinski definition) is 1. The van der Waals surface area contributed by atoms with E-state index in [0.29, 0.717) is 11.5 Å². The van der Waals surface area contributed by atoms with E-state index < -0.39 is 0 Å². The first-order valence-electron chi connectivity index (χ1n) is 7.02. The molecular formula is C14H27N3S. The highest BCUT2D eigenvalue weighted by Crippen LogP contribution is 2.30. The van der Waals surface area contributed by atoms with Gasteiger partial charge in [0.2, 0.25) is 0 Å². The van der Waals surface area contributed by atoms with Crippen molar-refractivity contribution in [2.75, 3.05) is 6.54 Å². The van der Waals surface area contributed by atoms with Gasteiger partial charge in [0.05, 0.1) is 10.6 Å². The number of nitrogens with one attached hydrogen (secondary N) is 1. The summed E-state index contributed by atoms with van der Waals surface area (Å²) in [5.74, 6) is 0. The predicted octanol–water partition coefficient (Wildman–Crippen LogP) is 3.97. The van der Waals surface area contributed by atoms with Crippen LogP contribution in [-0.4, -0.2) is 16.1 Å². The van der Waals surface area contributed by atoms with Crippen molar-refractivity contribution in [2.24, 2.45) is 5.41 Å². The molecule has 0 amide bonds. The summed E-state index contributed by atoms with van der Waals surface area (Å²) in [5, 5.41) is 7.87. The van der Waals surface area contributed by atoms with E-state index in [2.05, 4.69) is 49.5 Å². The quantitative estimate of drug-likeness (QED) is 0.814. The molecule has 0 radical (unpaired) electrons. The van der Waals surface area contributed by atoms with E-state index in [4.69, 9.17) is 0 Å². The fourth-order valence-electron chi connectivity index (χ4n) is 2.04. The van der Waals surface area contributed by atoms with Crippen molar-refractivity contribution in [3.63, 3.8) is 0 Å². The maximum atomic E-state index is 4.28. The van der Waals surface area contributed by atoms with Crippen molar-refractivity contribution in [2.45, 2.75) is 66.3 Å². The van der Waals surface area contributed by atoms with E-state index in [1.54, 1.807) is 11.5 Å². The van der Waals surface area contributed by atoms with Crippen LogP contribution in [-0.2, 0) is 6.42 Å². The summed E-state index contributed by atoms with van der Waals surface area (Å²) >= 11 is 1.56. The molecule has 3 nitrogen and oxygen atoms in total. The van der Waals surface area contributed by atoms with Gasteiger partial charge in [-0.25, -0.2) is 0 Å². The molecule has 1 aromatic heterocycles. The monoisotopic (exact) mass is 269 g/mol. The van der Waals surface area contributed by atoms with Gasteiger partial charge < -0.3 is 5.32 Å². The van der Waals surface area contributed by atoms with E-state index in [-0.39, 0.29) is 0 Å². The Hall–Kier alpha value is -0.480. The van der Waals surface area contributed by atoms with Crippen LogP contribution in [0.1, 0.15) is 70.5 Å². The maximum Gasteiger partial charge on any atom is 0.0803 e. The van der Waals surface area contributed by atoms with Crippen molar-refractivity contribution in [3.8, 4) is 0 Å². The molecule has 0 aliphatic rings. The van der Waals surface area contributed by atoms with Crippen LogP contribution in [0.15, 0.2) is 0 Å². The number of hydrogen-bond acceptors (Lipinski definition) is 4. The lowest BCUT2D eigenvalue weighted by Crippen LogP contribution is -2.22. The van der Waals surface area contributed by atoms with Gasteiger partial charge in [0, 0.05) is 6.04 Å². The van der Waals surface area contributed by atoms with Gasteiger partial charge in [-0.05, 0) is 42.8 Å². The standard InChI is InChI=1S/C14H27N3S/c1-6-8-12-13(18-17-16-12)11(15-7-2)9-10-14(3,4)5/h11,15H,6-10H2,1-5H3. The van der Waals surface area contributed by atoms with Crippen LogP contribution in [0.5, 0.6) is 0 Å².